The summed E-state index contributed by atoms with van der Waals surface area (Å²) in [7, 11) is 0. The fourth-order valence-corrected chi connectivity index (χ4v) is 6.72. The third-order valence-corrected chi connectivity index (χ3v) is 9.22. The summed E-state index contributed by atoms with van der Waals surface area (Å²) in [5.41, 5.74) is -0.556. The van der Waals surface area contributed by atoms with E-state index in [2.05, 4.69) is 0 Å². The fraction of sp³-hybridized carbons (Fsp3) is 0.162. The highest BCUT2D eigenvalue weighted by Gasteiger charge is 2.47. The zero-order valence-electron chi connectivity index (χ0n) is 26.9. The van der Waals surface area contributed by atoms with Crippen LogP contribution in [-0.4, -0.2) is 79.5 Å². The summed E-state index contributed by atoms with van der Waals surface area (Å²) in [6, 6.07) is 11.9. The van der Waals surface area contributed by atoms with Gasteiger partial charge in [0.2, 0.25) is 0 Å². The summed E-state index contributed by atoms with van der Waals surface area (Å²) in [6.07, 6.45) is -6.22. The molecule has 0 saturated carbocycles. The molecule has 12 N–H and O–H groups in total. The lowest BCUT2D eigenvalue weighted by molar-refractivity contribution is -0.0210. The van der Waals surface area contributed by atoms with Crippen LogP contribution >= 0.6 is 0 Å². The van der Waals surface area contributed by atoms with Crippen LogP contribution in [0, 0.1) is 0 Å². The Bertz CT molecular complexity index is 2280. The van der Waals surface area contributed by atoms with Gasteiger partial charge in [0.25, 0.3) is 0 Å². The van der Waals surface area contributed by atoms with Crippen LogP contribution in [-0.2, 0) is 11.2 Å². The van der Waals surface area contributed by atoms with Gasteiger partial charge in [0.15, 0.2) is 52.5 Å². The summed E-state index contributed by atoms with van der Waals surface area (Å²) < 4.78 is 18.1. The van der Waals surface area contributed by atoms with Crippen molar-refractivity contribution in [3.05, 3.63) is 100 Å². The summed E-state index contributed by atoms with van der Waals surface area (Å²) >= 11 is 0. The number of hydrogen-bond donors (Lipinski definition) is 12. The molecule has 0 spiro atoms. The summed E-state index contributed by atoms with van der Waals surface area (Å²) in [6.45, 7) is 0. The molecule has 0 aliphatic carbocycles. The zero-order valence-corrected chi connectivity index (χ0v) is 26.9. The van der Waals surface area contributed by atoms with E-state index in [1.807, 2.05) is 0 Å². The molecule has 0 radical (unpaired) electrons. The van der Waals surface area contributed by atoms with Crippen molar-refractivity contribution in [2.24, 2.45) is 0 Å². The molecule has 274 valence electrons. The molecule has 16 nitrogen and oxygen atoms in total. The highest BCUT2D eigenvalue weighted by atomic mass is 16.6. The third kappa shape index (κ3) is 5.85. The number of ether oxygens (including phenoxy) is 3. The first kappa shape index (κ1) is 34.4. The number of benzene rings is 5. The Hall–Kier alpha value is -7.07. The van der Waals surface area contributed by atoms with Crippen molar-refractivity contribution in [3.63, 3.8) is 0 Å². The monoisotopic (exact) mass is 730 g/mol. The van der Waals surface area contributed by atoms with Gasteiger partial charge in [-0.25, -0.2) is 4.79 Å². The Kier molecular flexibility index (Phi) is 8.18. The molecule has 7 rings (SSSR count). The van der Waals surface area contributed by atoms with E-state index >= 15 is 0 Å². The van der Waals surface area contributed by atoms with Crippen LogP contribution in [0.5, 0.6) is 74.7 Å². The van der Waals surface area contributed by atoms with Crippen molar-refractivity contribution in [2.75, 3.05) is 0 Å². The van der Waals surface area contributed by atoms with E-state index in [9.17, 15) is 66.1 Å². The van der Waals surface area contributed by atoms with Crippen molar-refractivity contribution in [1.82, 2.24) is 0 Å². The number of phenols is 11. The van der Waals surface area contributed by atoms with Gasteiger partial charge < -0.3 is 75.5 Å². The minimum atomic E-state index is -1.72. The third-order valence-electron chi connectivity index (χ3n) is 9.22. The van der Waals surface area contributed by atoms with E-state index in [1.54, 1.807) is 0 Å². The number of hydrogen-bond acceptors (Lipinski definition) is 16. The van der Waals surface area contributed by atoms with E-state index in [0.29, 0.717) is 0 Å². The molecule has 16 heteroatoms. The molecule has 5 atom stereocenters. The highest BCUT2D eigenvalue weighted by Crippen LogP contribution is 2.57. The minimum absolute atomic E-state index is 0.0661. The van der Waals surface area contributed by atoms with Gasteiger partial charge in [-0.2, -0.15) is 0 Å². The molecule has 53 heavy (non-hydrogen) atoms. The summed E-state index contributed by atoms with van der Waals surface area (Å²) in [5, 5.41) is 126. The highest BCUT2D eigenvalue weighted by molar-refractivity contribution is 5.91. The van der Waals surface area contributed by atoms with Crippen LogP contribution in [0.1, 0.15) is 56.3 Å². The van der Waals surface area contributed by atoms with Gasteiger partial charge in [0.1, 0.15) is 46.7 Å². The number of esters is 1. The molecule has 5 aromatic rings. The Morgan fingerprint density at radius 3 is 1.77 bits per heavy atom. The molecule has 0 fully saturated rings. The van der Waals surface area contributed by atoms with Gasteiger partial charge >= 0.3 is 5.97 Å². The molecule has 2 aliphatic rings. The largest absolute Gasteiger partial charge is 0.508 e. The molecule has 0 saturated heterocycles. The number of fused-ring (bicyclic) bond motifs is 2. The lowest BCUT2D eigenvalue weighted by atomic mass is 9.77. The summed E-state index contributed by atoms with van der Waals surface area (Å²) in [5.74, 6) is -9.84. The average molecular weight is 731 g/mol. The predicted octanol–water partition coefficient (Wildman–Crippen LogP) is 3.98. The normalized spacial score (nSPS) is 20.4. The van der Waals surface area contributed by atoms with E-state index in [4.69, 9.17) is 14.2 Å². The minimum Gasteiger partial charge on any atom is -0.508 e. The maximum absolute atomic E-state index is 13.4. The Morgan fingerprint density at radius 1 is 0.585 bits per heavy atom. The van der Waals surface area contributed by atoms with Crippen molar-refractivity contribution in [3.8, 4) is 74.7 Å². The molecular weight excluding hydrogens is 700 g/mol. The van der Waals surface area contributed by atoms with Crippen molar-refractivity contribution < 1.29 is 80.3 Å². The number of carbonyl (C=O) groups is 1. The molecule has 0 unspecified atom stereocenters. The second-order valence-electron chi connectivity index (χ2n) is 12.6. The molecule has 2 aliphatic heterocycles. The SMILES string of the molecule is O=C(O[C@H]1Cc2c(O)cc(O)c([C@@H]3c4c(O)cc(O)cc4O[C@@H](c4ccc(O)c(O)c4)[C@H]3O)c2O[C@H]1c1ccc(O)c(O)c1)c1cc(O)c(O)c(O)c1. The van der Waals surface area contributed by atoms with Gasteiger partial charge in [0, 0.05) is 46.9 Å². The number of aliphatic hydroxyl groups is 1. The quantitative estimate of drug-likeness (QED) is 0.0899. The number of phenolic OH excluding ortho intramolecular Hbond substituents is 11. The number of rotatable bonds is 5. The maximum Gasteiger partial charge on any atom is 0.338 e. The van der Waals surface area contributed by atoms with Crippen LogP contribution in [0.25, 0.3) is 0 Å². The number of aliphatic hydroxyl groups excluding tert-OH is 1. The van der Waals surface area contributed by atoms with E-state index < -0.39 is 105 Å². The van der Waals surface area contributed by atoms with Crippen molar-refractivity contribution in [2.45, 2.75) is 36.8 Å². The second kappa shape index (κ2) is 12.6. The lowest BCUT2D eigenvalue weighted by Gasteiger charge is -2.40. The molecular formula is C37H30O16. The van der Waals surface area contributed by atoms with E-state index in [0.717, 1.165) is 54.6 Å². The van der Waals surface area contributed by atoms with E-state index in [1.165, 1.54) is 12.1 Å². The molecule has 0 amide bonds. The first-order valence-corrected chi connectivity index (χ1v) is 15.8. The van der Waals surface area contributed by atoms with Crippen LogP contribution in [0.2, 0.25) is 0 Å². The van der Waals surface area contributed by atoms with Crippen LogP contribution < -0.4 is 9.47 Å². The van der Waals surface area contributed by atoms with Gasteiger partial charge in [0.05, 0.1) is 11.5 Å². The molecule has 0 aromatic heterocycles. The van der Waals surface area contributed by atoms with Gasteiger partial charge in [-0.15, -0.1) is 0 Å². The van der Waals surface area contributed by atoms with Gasteiger partial charge in [-0.1, -0.05) is 12.1 Å². The van der Waals surface area contributed by atoms with Crippen LogP contribution in [0.3, 0.4) is 0 Å². The smallest absolute Gasteiger partial charge is 0.338 e. The standard InChI is InChI=1S/C37H30O16/c38-16-9-23(44)29-27(10-16)51-35(14-2-4-19(40)22(43)6-14)33(49)31(29)30-24(45)12-20(41)17-11-28(52-37(50)15-7-25(46)32(48)26(47)8-15)34(53-36(17)30)13-1-3-18(39)21(42)5-13/h1-10,12,28,31,33-35,38-49H,11H2/t28-,31-,33-,34-,35-/m0/s1. The average Bonchev–Trinajstić information content (AvgIpc) is 3.10. The Morgan fingerprint density at radius 2 is 1.17 bits per heavy atom. The van der Waals surface area contributed by atoms with Crippen LogP contribution in [0.15, 0.2) is 66.7 Å². The first-order valence-electron chi connectivity index (χ1n) is 15.8. The first-order chi connectivity index (χ1) is 25.1. The summed E-state index contributed by atoms with van der Waals surface area (Å²) in [4.78, 5) is 13.4. The Balaban J connectivity index is 1.39. The van der Waals surface area contributed by atoms with Crippen molar-refractivity contribution in [1.29, 1.82) is 0 Å². The topological polar surface area (TPSA) is 288 Å². The molecule has 0 bridgehead atoms. The van der Waals surface area contributed by atoms with Gasteiger partial charge in [-0.3, -0.25) is 0 Å². The second-order valence-corrected chi connectivity index (χ2v) is 12.6. The lowest BCUT2D eigenvalue weighted by Crippen LogP contribution is -2.38. The van der Waals surface area contributed by atoms with Gasteiger partial charge in [-0.05, 0) is 42.0 Å². The number of aromatic hydroxyl groups is 11. The van der Waals surface area contributed by atoms with E-state index in [-0.39, 0.29) is 45.7 Å². The molecule has 2 heterocycles. The predicted molar refractivity (Wildman–Crippen MR) is 178 cm³/mol. The molecule has 5 aromatic carbocycles. The fourth-order valence-electron chi connectivity index (χ4n) is 6.72. The van der Waals surface area contributed by atoms with Crippen LogP contribution in [0.4, 0.5) is 0 Å². The zero-order chi connectivity index (χ0) is 38.0. The van der Waals surface area contributed by atoms with Crippen molar-refractivity contribution >= 4 is 5.97 Å². The maximum atomic E-state index is 13.4. The Labute approximate surface area is 297 Å². The number of carbonyl (C=O) groups excluding carboxylic acids is 1.